The van der Waals surface area contributed by atoms with Crippen molar-refractivity contribution in [2.75, 3.05) is 0 Å². The summed E-state index contributed by atoms with van der Waals surface area (Å²) in [5.41, 5.74) is 6.88. The van der Waals surface area contributed by atoms with Gasteiger partial charge in [0.25, 0.3) is 0 Å². The minimum Gasteiger partial charge on any atom is -0.481 e. The Kier molecular flexibility index (Phi) is 22.8. The lowest BCUT2D eigenvalue weighted by Gasteiger charge is -2.30. The van der Waals surface area contributed by atoms with Gasteiger partial charge in [-0.1, -0.05) is 91.6 Å². The molecule has 15 nitrogen and oxygen atoms in total. The van der Waals surface area contributed by atoms with Gasteiger partial charge in [-0.15, -0.1) is 0 Å². The number of nitrogens with two attached hydrogens (primary N) is 1. The number of carbonyl (C=O) groups excluding carboxylic acids is 6. The number of hydrogen-bond donors (Lipinski definition) is 8. The van der Waals surface area contributed by atoms with Crippen LogP contribution in [0, 0.1) is 17.8 Å². The first-order valence-corrected chi connectivity index (χ1v) is 20.0. The highest BCUT2D eigenvalue weighted by Crippen LogP contribution is 2.15. The van der Waals surface area contributed by atoms with Crippen molar-refractivity contribution in [1.29, 1.82) is 0 Å². The van der Waals surface area contributed by atoms with Gasteiger partial charge in [-0.2, -0.15) is 0 Å². The summed E-state index contributed by atoms with van der Waals surface area (Å²) in [7, 11) is 0. The van der Waals surface area contributed by atoms with Gasteiger partial charge in [0.2, 0.25) is 29.5 Å². The van der Waals surface area contributed by atoms with Gasteiger partial charge in [-0.3, -0.25) is 33.6 Å². The zero-order valence-electron chi connectivity index (χ0n) is 34.6. The van der Waals surface area contributed by atoms with Crippen molar-refractivity contribution in [1.82, 2.24) is 26.6 Å². The molecule has 0 aliphatic heterocycles. The molecule has 0 saturated heterocycles. The first-order valence-electron chi connectivity index (χ1n) is 20.0. The molecule has 1 rings (SSSR count). The fourth-order valence-corrected chi connectivity index (χ4v) is 6.06. The van der Waals surface area contributed by atoms with E-state index in [4.69, 9.17) is 10.8 Å². The van der Waals surface area contributed by atoms with Crippen LogP contribution in [0.4, 0.5) is 0 Å². The number of rotatable bonds is 27. The van der Waals surface area contributed by atoms with E-state index in [0.717, 1.165) is 5.56 Å². The number of Topliss-reactive ketones (excluding diaryl/α,β-unsaturated/α-hetero) is 1. The Balaban J connectivity index is 3.02. The van der Waals surface area contributed by atoms with E-state index in [1.54, 1.807) is 20.8 Å². The SMILES string of the molecule is CCCC[C@H](NC(=O)C(CC(C)C)NC(=O)C(N)CCC(=O)O)C(=O)N[C@@H](CC(C)C)[C@@H](O)CC(=O)NC(C(=O)NC(C)C(=O)CCc1ccccc1)C(C)C. The van der Waals surface area contributed by atoms with Gasteiger partial charge < -0.3 is 42.5 Å². The van der Waals surface area contributed by atoms with Crippen molar-refractivity contribution in [3.8, 4) is 0 Å². The average molecular weight is 789 g/mol. The molecular formula is C41H68N6O9. The van der Waals surface area contributed by atoms with E-state index in [0.29, 0.717) is 25.7 Å². The van der Waals surface area contributed by atoms with Crippen molar-refractivity contribution in [2.24, 2.45) is 23.5 Å². The molecule has 0 aliphatic carbocycles. The van der Waals surface area contributed by atoms with Gasteiger partial charge in [0.1, 0.15) is 18.1 Å². The summed E-state index contributed by atoms with van der Waals surface area (Å²) >= 11 is 0. The van der Waals surface area contributed by atoms with Crippen LogP contribution in [0.25, 0.3) is 0 Å². The molecule has 0 aromatic heterocycles. The highest BCUT2D eigenvalue weighted by molar-refractivity contribution is 5.94. The predicted molar refractivity (Wildman–Crippen MR) is 214 cm³/mol. The van der Waals surface area contributed by atoms with Crippen LogP contribution in [-0.2, 0) is 40.0 Å². The highest BCUT2D eigenvalue weighted by Gasteiger charge is 2.33. The van der Waals surface area contributed by atoms with Gasteiger partial charge >= 0.3 is 5.97 Å². The number of ketones is 1. The third-order valence-corrected chi connectivity index (χ3v) is 9.35. The average Bonchev–Trinajstić information content (AvgIpc) is 3.12. The number of aryl methyl sites for hydroxylation is 1. The lowest BCUT2D eigenvalue weighted by atomic mass is 9.95. The van der Waals surface area contributed by atoms with Gasteiger partial charge in [-0.25, -0.2) is 0 Å². The molecule has 0 spiro atoms. The molecule has 9 N–H and O–H groups in total. The van der Waals surface area contributed by atoms with Gasteiger partial charge in [0.15, 0.2) is 5.78 Å². The summed E-state index contributed by atoms with van der Waals surface area (Å²) in [4.78, 5) is 90.3. The van der Waals surface area contributed by atoms with Crippen LogP contribution in [0.3, 0.4) is 0 Å². The van der Waals surface area contributed by atoms with Crippen LogP contribution in [0.2, 0.25) is 0 Å². The Labute approximate surface area is 332 Å². The maximum absolute atomic E-state index is 13.8. The first-order chi connectivity index (χ1) is 26.2. The quantitative estimate of drug-likeness (QED) is 0.0647. The summed E-state index contributed by atoms with van der Waals surface area (Å²) in [5.74, 6) is -4.65. The monoisotopic (exact) mass is 789 g/mol. The summed E-state index contributed by atoms with van der Waals surface area (Å²) in [6.07, 6.45) is 0.644. The number of aliphatic hydroxyl groups is 1. The summed E-state index contributed by atoms with van der Waals surface area (Å²) in [6, 6.07) is 3.66. The number of hydrogen-bond acceptors (Lipinski definition) is 9. The van der Waals surface area contributed by atoms with Crippen LogP contribution in [0.15, 0.2) is 30.3 Å². The molecule has 1 aromatic carbocycles. The molecule has 0 bridgehead atoms. The maximum atomic E-state index is 13.8. The number of amides is 5. The smallest absolute Gasteiger partial charge is 0.303 e. The number of carboxylic acid groups (broad SMARTS) is 1. The zero-order chi connectivity index (χ0) is 42.5. The third kappa shape index (κ3) is 19.5. The van der Waals surface area contributed by atoms with Gasteiger partial charge in [0, 0.05) is 12.8 Å². The van der Waals surface area contributed by atoms with Gasteiger partial charge in [-0.05, 0) is 62.3 Å². The van der Waals surface area contributed by atoms with Crippen molar-refractivity contribution >= 4 is 41.3 Å². The lowest BCUT2D eigenvalue weighted by Crippen LogP contribution is -2.58. The second-order valence-electron chi connectivity index (χ2n) is 15.9. The fourth-order valence-electron chi connectivity index (χ4n) is 6.06. The molecule has 15 heteroatoms. The van der Waals surface area contributed by atoms with E-state index in [1.165, 1.54) is 0 Å². The highest BCUT2D eigenvalue weighted by atomic mass is 16.4. The van der Waals surface area contributed by atoms with Crippen molar-refractivity contribution < 1.29 is 43.8 Å². The summed E-state index contributed by atoms with van der Waals surface area (Å²) < 4.78 is 0. The predicted octanol–water partition coefficient (Wildman–Crippen LogP) is 2.51. The standard InChI is InChI=1S/C41H68N6O9/c1-9-10-16-30(44-40(55)32(22-25(4)5)46-38(53)29(42)18-20-36(51)52)39(54)45-31(21-24(2)3)34(49)23-35(50)47-37(26(6)7)41(56)43-27(8)33(48)19-17-28-14-12-11-13-15-28/h11-15,24-27,29-32,34,37,49H,9-10,16-23,42H2,1-8H3,(H,43,56)(H,44,55)(H,45,54)(H,46,53)(H,47,50)(H,51,52)/t27?,29?,30-,31-,32?,34-,37?/m0/s1. The Morgan fingerprint density at radius 1 is 0.696 bits per heavy atom. The van der Waals surface area contributed by atoms with Crippen molar-refractivity contribution in [3.63, 3.8) is 0 Å². The largest absolute Gasteiger partial charge is 0.481 e. The first kappa shape index (κ1) is 49.6. The molecule has 5 amide bonds. The van der Waals surface area contributed by atoms with E-state index in [9.17, 15) is 38.7 Å². The number of aliphatic carboxylic acids is 1. The fraction of sp³-hybridized carbons (Fsp3) is 0.683. The molecule has 316 valence electrons. The zero-order valence-corrected chi connectivity index (χ0v) is 34.6. The molecule has 1 aromatic rings. The second kappa shape index (κ2) is 25.7. The van der Waals surface area contributed by atoms with Crippen LogP contribution in [0.5, 0.6) is 0 Å². The van der Waals surface area contributed by atoms with Crippen LogP contribution in [0.1, 0.15) is 119 Å². The summed E-state index contributed by atoms with van der Waals surface area (Å²) in [5, 5.41) is 33.8. The van der Waals surface area contributed by atoms with Crippen LogP contribution >= 0.6 is 0 Å². The normalized spacial score (nSPS) is 15.2. The molecule has 7 atom stereocenters. The number of carbonyl (C=O) groups is 7. The van der Waals surface area contributed by atoms with E-state index in [1.807, 2.05) is 65.0 Å². The minimum absolute atomic E-state index is 0.00669. The molecular weight excluding hydrogens is 720 g/mol. The Morgan fingerprint density at radius 3 is 1.84 bits per heavy atom. The third-order valence-electron chi connectivity index (χ3n) is 9.35. The van der Waals surface area contributed by atoms with Crippen LogP contribution in [-0.4, -0.2) is 93.9 Å². The van der Waals surface area contributed by atoms with E-state index in [-0.39, 0.29) is 55.6 Å². The minimum atomic E-state index is -1.35. The number of aliphatic hydroxyl groups excluding tert-OH is 1. The molecule has 0 fully saturated rings. The molecule has 0 aliphatic rings. The lowest BCUT2D eigenvalue weighted by molar-refractivity contribution is -0.137. The molecule has 0 heterocycles. The Hall–Kier alpha value is -4.37. The number of benzene rings is 1. The van der Waals surface area contributed by atoms with E-state index >= 15 is 0 Å². The summed E-state index contributed by atoms with van der Waals surface area (Å²) in [6.45, 7) is 14.5. The molecule has 56 heavy (non-hydrogen) atoms. The molecule has 0 radical (unpaired) electrons. The number of unbranched alkanes of at least 4 members (excludes halogenated alkanes) is 1. The van der Waals surface area contributed by atoms with Crippen LogP contribution < -0.4 is 32.3 Å². The number of nitrogens with one attached hydrogen (secondary N) is 5. The molecule has 0 saturated carbocycles. The van der Waals surface area contributed by atoms with Crippen molar-refractivity contribution in [3.05, 3.63) is 35.9 Å². The van der Waals surface area contributed by atoms with Gasteiger partial charge in [0.05, 0.1) is 30.7 Å². The van der Waals surface area contributed by atoms with Crippen molar-refractivity contribution in [2.45, 2.75) is 162 Å². The van der Waals surface area contributed by atoms with E-state index < -0.39 is 84.3 Å². The number of carboxylic acids is 1. The topological polar surface area (TPSA) is 246 Å². The maximum Gasteiger partial charge on any atom is 0.303 e. The van der Waals surface area contributed by atoms with E-state index in [2.05, 4.69) is 26.6 Å². The second-order valence-corrected chi connectivity index (χ2v) is 15.9. The Morgan fingerprint density at radius 2 is 1.29 bits per heavy atom. The molecule has 4 unspecified atom stereocenters. The Bertz CT molecular complexity index is 1420.